The number of fused-ring (bicyclic) bond motifs is 1. The molecule has 2 aromatic carbocycles. The lowest BCUT2D eigenvalue weighted by Gasteiger charge is -2.11. The van der Waals surface area contributed by atoms with Crippen molar-refractivity contribution < 1.29 is 19.1 Å². The van der Waals surface area contributed by atoms with Gasteiger partial charge in [-0.3, -0.25) is 9.59 Å². The standard InChI is InChI=1S/C17H15FO3/c18-15-8-7-14(12-3-1-2-4-13(12)15)16(19)10-5-6-11(9-10)17(20)21/h1-4,7-8,10-11H,5-6,9H2,(H,20,21). The molecule has 1 saturated carbocycles. The summed E-state index contributed by atoms with van der Waals surface area (Å²) in [6, 6.07) is 9.70. The van der Waals surface area contributed by atoms with Crippen molar-refractivity contribution in [3.8, 4) is 0 Å². The summed E-state index contributed by atoms with van der Waals surface area (Å²) in [4.78, 5) is 23.6. The van der Waals surface area contributed by atoms with Gasteiger partial charge in [0.25, 0.3) is 0 Å². The number of halogens is 1. The van der Waals surface area contributed by atoms with Crippen molar-refractivity contribution in [1.82, 2.24) is 0 Å². The zero-order valence-corrected chi connectivity index (χ0v) is 11.4. The molecule has 21 heavy (non-hydrogen) atoms. The molecule has 0 aromatic heterocycles. The van der Waals surface area contributed by atoms with E-state index in [9.17, 15) is 14.0 Å². The van der Waals surface area contributed by atoms with E-state index < -0.39 is 11.9 Å². The Labute approximate surface area is 121 Å². The molecule has 3 nitrogen and oxygen atoms in total. The van der Waals surface area contributed by atoms with Crippen molar-refractivity contribution >= 4 is 22.5 Å². The summed E-state index contributed by atoms with van der Waals surface area (Å²) in [6.45, 7) is 0. The van der Waals surface area contributed by atoms with Crippen LogP contribution in [0.25, 0.3) is 10.8 Å². The van der Waals surface area contributed by atoms with Gasteiger partial charge in [0.15, 0.2) is 5.78 Å². The molecule has 2 unspecified atom stereocenters. The van der Waals surface area contributed by atoms with Gasteiger partial charge in [-0.2, -0.15) is 0 Å². The number of ketones is 1. The molecule has 2 atom stereocenters. The summed E-state index contributed by atoms with van der Waals surface area (Å²) in [6.07, 6.45) is 1.49. The van der Waals surface area contributed by atoms with Crippen LogP contribution in [0.15, 0.2) is 36.4 Å². The summed E-state index contributed by atoms with van der Waals surface area (Å²) in [7, 11) is 0. The fraction of sp³-hybridized carbons (Fsp3) is 0.294. The van der Waals surface area contributed by atoms with Crippen LogP contribution in [0, 0.1) is 17.7 Å². The molecule has 0 aliphatic heterocycles. The van der Waals surface area contributed by atoms with Crippen LogP contribution in [0.4, 0.5) is 4.39 Å². The Kier molecular flexibility index (Phi) is 3.45. The zero-order chi connectivity index (χ0) is 15.0. The highest BCUT2D eigenvalue weighted by atomic mass is 19.1. The number of rotatable bonds is 3. The zero-order valence-electron chi connectivity index (χ0n) is 11.4. The quantitative estimate of drug-likeness (QED) is 0.876. The van der Waals surface area contributed by atoms with E-state index in [1.54, 1.807) is 24.3 Å². The Morgan fingerprint density at radius 3 is 2.33 bits per heavy atom. The van der Waals surface area contributed by atoms with Gasteiger partial charge in [0, 0.05) is 16.9 Å². The second kappa shape index (κ2) is 5.28. The second-order valence-corrected chi connectivity index (χ2v) is 5.55. The maximum atomic E-state index is 13.8. The summed E-state index contributed by atoms with van der Waals surface area (Å²) < 4.78 is 13.8. The molecular weight excluding hydrogens is 271 g/mol. The summed E-state index contributed by atoms with van der Waals surface area (Å²) in [5, 5.41) is 10.1. The van der Waals surface area contributed by atoms with E-state index in [2.05, 4.69) is 0 Å². The Hall–Kier alpha value is -2.23. The molecule has 0 amide bonds. The minimum atomic E-state index is -0.839. The lowest BCUT2D eigenvalue weighted by Crippen LogP contribution is -2.15. The van der Waals surface area contributed by atoms with Gasteiger partial charge in [-0.25, -0.2) is 4.39 Å². The molecule has 0 bridgehead atoms. The van der Waals surface area contributed by atoms with Crippen molar-refractivity contribution in [1.29, 1.82) is 0 Å². The van der Waals surface area contributed by atoms with Crippen LogP contribution < -0.4 is 0 Å². The fourth-order valence-corrected chi connectivity index (χ4v) is 3.14. The molecule has 1 aliphatic rings. The largest absolute Gasteiger partial charge is 0.481 e. The summed E-state index contributed by atoms with van der Waals surface area (Å²) in [5.74, 6) is -1.98. The van der Waals surface area contributed by atoms with Gasteiger partial charge in [-0.15, -0.1) is 0 Å². The fourth-order valence-electron chi connectivity index (χ4n) is 3.14. The number of hydrogen-bond donors (Lipinski definition) is 1. The highest BCUT2D eigenvalue weighted by Gasteiger charge is 2.34. The molecule has 0 radical (unpaired) electrons. The Bertz CT molecular complexity index is 723. The monoisotopic (exact) mass is 286 g/mol. The third kappa shape index (κ3) is 2.42. The van der Waals surface area contributed by atoms with Crippen LogP contribution in [0.5, 0.6) is 0 Å². The van der Waals surface area contributed by atoms with E-state index in [1.807, 2.05) is 0 Å². The number of Topliss-reactive ketones (excluding diaryl/α,β-unsaturated/α-hetero) is 1. The molecule has 2 aromatic rings. The Morgan fingerprint density at radius 2 is 1.67 bits per heavy atom. The van der Waals surface area contributed by atoms with Crippen LogP contribution in [-0.4, -0.2) is 16.9 Å². The lowest BCUT2D eigenvalue weighted by atomic mass is 9.91. The first-order valence-corrected chi connectivity index (χ1v) is 7.02. The highest BCUT2D eigenvalue weighted by molar-refractivity contribution is 6.09. The average Bonchev–Trinajstić information content (AvgIpc) is 2.97. The minimum absolute atomic E-state index is 0.0741. The topological polar surface area (TPSA) is 54.4 Å². The molecular formula is C17H15FO3. The van der Waals surface area contributed by atoms with Crippen LogP contribution in [0.1, 0.15) is 29.6 Å². The molecule has 1 fully saturated rings. The average molecular weight is 286 g/mol. The van der Waals surface area contributed by atoms with Crippen molar-refractivity contribution in [3.63, 3.8) is 0 Å². The van der Waals surface area contributed by atoms with E-state index in [-0.39, 0.29) is 17.5 Å². The Balaban J connectivity index is 1.96. The molecule has 4 heteroatoms. The van der Waals surface area contributed by atoms with E-state index in [0.29, 0.717) is 35.6 Å². The normalized spacial score (nSPS) is 21.6. The summed E-state index contributed by atoms with van der Waals surface area (Å²) >= 11 is 0. The van der Waals surface area contributed by atoms with Gasteiger partial charge >= 0.3 is 5.97 Å². The number of carbonyl (C=O) groups is 2. The Morgan fingerprint density at radius 1 is 1.00 bits per heavy atom. The second-order valence-electron chi connectivity index (χ2n) is 5.55. The predicted molar refractivity (Wildman–Crippen MR) is 76.7 cm³/mol. The smallest absolute Gasteiger partial charge is 0.306 e. The molecule has 1 aliphatic carbocycles. The van der Waals surface area contributed by atoms with Gasteiger partial charge in [0.2, 0.25) is 0 Å². The molecule has 108 valence electrons. The lowest BCUT2D eigenvalue weighted by molar-refractivity contribution is -0.141. The minimum Gasteiger partial charge on any atom is -0.481 e. The van der Waals surface area contributed by atoms with Gasteiger partial charge in [0.1, 0.15) is 5.82 Å². The third-order valence-electron chi connectivity index (χ3n) is 4.29. The summed E-state index contributed by atoms with van der Waals surface area (Å²) in [5.41, 5.74) is 0.489. The van der Waals surface area contributed by atoms with Crippen LogP contribution in [-0.2, 0) is 4.79 Å². The van der Waals surface area contributed by atoms with Crippen LogP contribution >= 0.6 is 0 Å². The molecule has 0 spiro atoms. The van der Waals surface area contributed by atoms with Crippen molar-refractivity contribution in [3.05, 3.63) is 47.8 Å². The van der Waals surface area contributed by atoms with Gasteiger partial charge in [-0.1, -0.05) is 24.3 Å². The van der Waals surface area contributed by atoms with Crippen molar-refractivity contribution in [2.45, 2.75) is 19.3 Å². The first kappa shape index (κ1) is 13.7. The number of carboxylic acid groups (broad SMARTS) is 1. The van der Waals surface area contributed by atoms with Crippen molar-refractivity contribution in [2.75, 3.05) is 0 Å². The number of carboxylic acids is 1. The predicted octanol–water partition coefficient (Wildman–Crippen LogP) is 3.66. The molecule has 0 saturated heterocycles. The van der Waals surface area contributed by atoms with Crippen LogP contribution in [0.2, 0.25) is 0 Å². The number of hydrogen-bond acceptors (Lipinski definition) is 2. The SMILES string of the molecule is O=C(O)C1CCC(C(=O)c2ccc(F)c3ccccc23)C1. The number of aliphatic carboxylic acids is 1. The first-order valence-electron chi connectivity index (χ1n) is 7.02. The van der Waals surface area contributed by atoms with Crippen molar-refractivity contribution in [2.24, 2.45) is 11.8 Å². The maximum Gasteiger partial charge on any atom is 0.306 e. The number of benzene rings is 2. The molecule has 3 rings (SSSR count). The van der Waals surface area contributed by atoms with E-state index in [0.717, 1.165) is 0 Å². The first-order chi connectivity index (χ1) is 10.1. The number of carbonyl (C=O) groups excluding carboxylic acids is 1. The van der Waals surface area contributed by atoms with E-state index in [1.165, 1.54) is 12.1 Å². The third-order valence-corrected chi connectivity index (χ3v) is 4.29. The van der Waals surface area contributed by atoms with Gasteiger partial charge < -0.3 is 5.11 Å². The van der Waals surface area contributed by atoms with Crippen LogP contribution in [0.3, 0.4) is 0 Å². The van der Waals surface area contributed by atoms with E-state index in [4.69, 9.17) is 5.11 Å². The molecule has 0 heterocycles. The van der Waals surface area contributed by atoms with Gasteiger partial charge in [0.05, 0.1) is 5.92 Å². The van der Waals surface area contributed by atoms with E-state index >= 15 is 0 Å². The highest BCUT2D eigenvalue weighted by Crippen LogP contribution is 2.35. The van der Waals surface area contributed by atoms with Gasteiger partial charge in [-0.05, 0) is 36.8 Å². The molecule has 1 N–H and O–H groups in total. The maximum absolute atomic E-state index is 13.8.